The minimum Gasteiger partial charge on any atom is -0.347 e. The Labute approximate surface area is 230 Å². The van der Waals surface area contributed by atoms with Crippen LogP contribution in [0.15, 0.2) is 46.0 Å². The summed E-state index contributed by atoms with van der Waals surface area (Å²) in [5.41, 5.74) is 0.0163. The van der Waals surface area contributed by atoms with Crippen LogP contribution >= 0.6 is 0 Å². The molecule has 2 aliphatic rings. The second kappa shape index (κ2) is 11.1. The van der Waals surface area contributed by atoms with Crippen molar-refractivity contribution in [3.63, 3.8) is 0 Å². The molecule has 2 aliphatic carbocycles. The molecule has 1 aromatic heterocycles. The van der Waals surface area contributed by atoms with Gasteiger partial charge >= 0.3 is 5.69 Å². The van der Waals surface area contributed by atoms with Crippen LogP contribution in [0.4, 0.5) is 4.39 Å². The lowest BCUT2D eigenvalue weighted by Crippen LogP contribution is -2.53. The molecule has 0 aliphatic heterocycles. The maximum absolute atomic E-state index is 14.0. The average Bonchev–Trinajstić information content (AvgIpc) is 3.76. The van der Waals surface area contributed by atoms with Crippen molar-refractivity contribution in [3.05, 3.63) is 79.7 Å². The third-order valence-corrected chi connectivity index (χ3v) is 7.84. The molecule has 0 saturated heterocycles. The first-order valence-corrected chi connectivity index (χ1v) is 13.8. The Morgan fingerprint density at radius 1 is 0.975 bits per heavy atom. The summed E-state index contributed by atoms with van der Waals surface area (Å²) >= 11 is 0. The summed E-state index contributed by atoms with van der Waals surface area (Å²) in [5.74, 6) is -1.30. The standard InChI is InChI=1S/C30H32FN5O4/c1-17(2)36-26-12-11-19(13-22(26)29(39)35(30(36)40)16-18-7-8-18)27(37)33-24-5-3-4-6-25(24)34-28(38)20-9-10-21(15-32)23(31)14-20/h9-14,17-18,24-25H,3-8,16H2,1-2H3,(H,33,37)(H,34,38)/t24-,25-/m1/s1. The normalized spacial score (nSPS) is 18.9. The van der Waals surface area contributed by atoms with E-state index in [4.69, 9.17) is 5.26 Å². The Bertz CT molecular complexity index is 1650. The molecule has 0 unspecified atom stereocenters. The minimum absolute atomic E-state index is 0.0976. The molecule has 2 saturated carbocycles. The van der Waals surface area contributed by atoms with E-state index in [1.165, 1.54) is 16.7 Å². The van der Waals surface area contributed by atoms with Crippen molar-refractivity contribution in [2.75, 3.05) is 0 Å². The van der Waals surface area contributed by atoms with Gasteiger partial charge in [-0.2, -0.15) is 5.26 Å². The molecule has 0 radical (unpaired) electrons. The summed E-state index contributed by atoms with van der Waals surface area (Å²) in [5, 5.41) is 15.2. The molecule has 40 heavy (non-hydrogen) atoms. The number of fused-ring (bicyclic) bond motifs is 1. The van der Waals surface area contributed by atoms with Gasteiger partial charge in [0, 0.05) is 35.8 Å². The van der Waals surface area contributed by atoms with Gasteiger partial charge in [-0.1, -0.05) is 12.8 Å². The summed E-state index contributed by atoms with van der Waals surface area (Å²) in [6, 6.07) is 9.33. The number of carbonyl (C=O) groups excluding carboxylic acids is 2. The van der Waals surface area contributed by atoms with Crippen LogP contribution in [0.25, 0.3) is 10.9 Å². The molecule has 2 aromatic carbocycles. The fourth-order valence-corrected chi connectivity index (χ4v) is 5.47. The van der Waals surface area contributed by atoms with Gasteiger partial charge in [-0.25, -0.2) is 9.18 Å². The fourth-order valence-electron chi connectivity index (χ4n) is 5.47. The number of nitrogens with one attached hydrogen (secondary N) is 2. The Hall–Kier alpha value is -4.26. The number of amides is 2. The van der Waals surface area contributed by atoms with E-state index in [1.807, 2.05) is 13.8 Å². The van der Waals surface area contributed by atoms with Crippen LogP contribution in [0.3, 0.4) is 0 Å². The molecular formula is C30H32FN5O4. The van der Waals surface area contributed by atoms with E-state index in [-0.39, 0.29) is 40.8 Å². The van der Waals surface area contributed by atoms with Crippen molar-refractivity contribution in [1.29, 1.82) is 5.26 Å². The zero-order valence-corrected chi connectivity index (χ0v) is 22.6. The first kappa shape index (κ1) is 27.3. The molecule has 2 atom stereocenters. The number of nitriles is 1. The van der Waals surface area contributed by atoms with Crippen molar-refractivity contribution in [3.8, 4) is 6.07 Å². The van der Waals surface area contributed by atoms with E-state index < -0.39 is 17.3 Å². The second-order valence-electron chi connectivity index (χ2n) is 11.1. The Morgan fingerprint density at radius 2 is 1.57 bits per heavy atom. The monoisotopic (exact) mass is 545 g/mol. The highest BCUT2D eigenvalue weighted by Crippen LogP contribution is 2.30. The van der Waals surface area contributed by atoms with E-state index in [2.05, 4.69) is 10.6 Å². The van der Waals surface area contributed by atoms with Gasteiger partial charge in [0.2, 0.25) is 0 Å². The smallest absolute Gasteiger partial charge is 0.331 e. The first-order chi connectivity index (χ1) is 19.2. The number of hydrogen-bond acceptors (Lipinski definition) is 5. The van der Waals surface area contributed by atoms with Crippen molar-refractivity contribution >= 4 is 22.7 Å². The van der Waals surface area contributed by atoms with Crippen LogP contribution in [0.2, 0.25) is 0 Å². The largest absolute Gasteiger partial charge is 0.347 e. The fraction of sp³-hybridized carbons (Fsp3) is 0.433. The lowest BCUT2D eigenvalue weighted by atomic mass is 9.89. The molecular weight excluding hydrogens is 513 g/mol. The molecule has 2 amide bonds. The number of hydrogen-bond donors (Lipinski definition) is 2. The molecule has 208 valence electrons. The molecule has 10 heteroatoms. The highest BCUT2D eigenvalue weighted by Gasteiger charge is 2.29. The molecule has 9 nitrogen and oxygen atoms in total. The Balaban J connectivity index is 1.39. The van der Waals surface area contributed by atoms with Gasteiger partial charge in [-0.15, -0.1) is 0 Å². The highest BCUT2D eigenvalue weighted by molar-refractivity contribution is 5.98. The number of nitrogens with zero attached hydrogens (tertiary/aromatic N) is 3. The highest BCUT2D eigenvalue weighted by atomic mass is 19.1. The van der Waals surface area contributed by atoms with Crippen LogP contribution in [0.5, 0.6) is 0 Å². The minimum atomic E-state index is -0.765. The van der Waals surface area contributed by atoms with Crippen LogP contribution in [-0.2, 0) is 6.54 Å². The molecule has 0 spiro atoms. The molecule has 2 fully saturated rings. The zero-order valence-electron chi connectivity index (χ0n) is 22.6. The molecule has 5 rings (SSSR count). The van der Waals surface area contributed by atoms with Crippen LogP contribution in [0.1, 0.15) is 84.7 Å². The topological polar surface area (TPSA) is 126 Å². The van der Waals surface area contributed by atoms with Crippen LogP contribution in [-0.4, -0.2) is 33.0 Å². The molecule has 0 bridgehead atoms. The Kier molecular flexibility index (Phi) is 7.57. The van der Waals surface area contributed by atoms with Gasteiger partial charge in [0.25, 0.3) is 17.4 Å². The first-order valence-electron chi connectivity index (χ1n) is 13.8. The third kappa shape index (κ3) is 5.41. The maximum atomic E-state index is 14.0. The van der Waals surface area contributed by atoms with Crippen LogP contribution in [0, 0.1) is 23.1 Å². The second-order valence-corrected chi connectivity index (χ2v) is 11.1. The van der Waals surface area contributed by atoms with Crippen molar-refractivity contribution in [2.45, 2.75) is 77.0 Å². The number of rotatable bonds is 7. The predicted molar refractivity (Wildman–Crippen MR) is 148 cm³/mol. The van der Waals surface area contributed by atoms with E-state index in [9.17, 15) is 23.6 Å². The summed E-state index contributed by atoms with van der Waals surface area (Å²) in [6.07, 6.45) is 5.00. The summed E-state index contributed by atoms with van der Waals surface area (Å²) in [6.45, 7) is 4.15. The summed E-state index contributed by atoms with van der Waals surface area (Å²) in [4.78, 5) is 52.7. The van der Waals surface area contributed by atoms with Crippen molar-refractivity contribution < 1.29 is 14.0 Å². The summed E-state index contributed by atoms with van der Waals surface area (Å²) < 4.78 is 16.9. The summed E-state index contributed by atoms with van der Waals surface area (Å²) in [7, 11) is 0. The SMILES string of the molecule is CC(C)n1c(=O)n(CC2CC2)c(=O)c2cc(C(=O)N[C@@H]3CCCC[C@H]3NC(=O)c3ccc(C#N)c(F)c3)ccc21. The lowest BCUT2D eigenvalue weighted by Gasteiger charge is -2.33. The zero-order chi connectivity index (χ0) is 28.6. The van der Waals surface area contributed by atoms with Gasteiger partial charge in [-0.05, 0) is 81.8 Å². The van der Waals surface area contributed by atoms with Crippen molar-refractivity contribution in [1.82, 2.24) is 19.8 Å². The number of halogens is 1. The van der Waals surface area contributed by atoms with E-state index in [0.29, 0.717) is 41.8 Å². The van der Waals surface area contributed by atoms with E-state index in [1.54, 1.807) is 28.8 Å². The Morgan fingerprint density at radius 3 is 2.12 bits per heavy atom. The van der Waals surface area contributed by atoms with E-state index >= 15 is 0 Å². The molecule has 3 aromatic rings. The predicted octanol–water partition coefficient (Wildman–Crippen LogP) is 3.64. The van der Waals surface area contributed by atoms with Gasteiger partial charge in [0.15, 0.2) is 0 Å². The quantitative estimate of drug-likeness (QED) is 0.469. The molecule has 2 N–H and O–H groups in total. The molecule has 1 heterocycles. The average molecular weight is 546 g/mol. The van der Waals surface area contributed by atoms with Crippen molar-refractivity contribution in [2.24, 2.45) is 5.92 Å². The van der Waals surface area contributed by atoms with Gasteiger partial charge in [0.05, 0.1) is 16.5 Å². The van der Waals surface area contributed by atoms with E-state index in [0.717, 1.165) is 31.7 Å². The van der Waals surface area contributed by atoms with Crippen LogP contribution < -0.4 is 21.9 Å². The number of aromatic nitrogens is 2. The van der Waals surface area contributed by atoms with Gasteiger partial charge in [-0.3, -0.25) is 23.5 Å². The van der Waals surface area contributed by atoms with Gasteiger partial charge in [0.1, 0.15) is 11.9 Å². The maximum Gasteiger partial charge on any atom is 0.331 e. The number of benzene rings is 2. The third-order valence-electron chi connectivity index (χ3n) is 7.84. The van der Waals surface area contributed by atoms with Gasteiger partial charge < -0.3 is 10.6 Å². The number of carbonyl (C=O) groups is 2. The lowest BCUT2D eigenvalue weighted by molar-refractivity contribution is 0.0862.